The van der Waals surface area contributed by atoms with Crippen molar-refractivity contribution in [2.75, 3.05) is 39.3 Å². The molecule has 32 heavy (non-hydrogen) atoms. The molecule has 2 fully saturated rings. The van der Waals surface area contributed by atoms with Crippen LogP contribution in [-0.2, 0) is 21.4 Å². The molecular weight excluding hydrogens is 464 g/mol. The highest BCUT2D eigenvalue weighted by atomic mass is 32.2. The van der Waals surface area contributed by atoms with Crippen molar-refractivity contribution in [1.29, 1.82) is 0 Å². The maximum atomic E-state index is 13.2. The van der Waals surface area contributed by atoms with Crippen LogP contribution in [0.5, 0.6) is 0 Å². The molecule has 170 valence electrons. The zero-order valence-corrected chi connectivity index (χ0v) is 20.2. The number of thiazole rings is 1. The van der Waals surface area contributed by atoms with Gasteiger partial charge in [-0.1, -0.05) is 18.2 Å². The molecule has 0 spiro atoms. The number of rotatable bonds is 5. The number of amides is 1. The van der Waals surface area contributed by atoms with E-state index in [1.165, 1.54) is 20.3 Å². The van der Waals surface area contributed by atoms with Crippen LogP contribution in [0.25, 0.3) is 10.2 Å². The Balaban J connectivity index is 1.17. The summed E-state index contributed by atoms with van der Waals surface area (Å²) in [5.74, 6) is -0.162. The number of piperazine rings is 1. The summed E-state index contributed by atoms with van der Waals surface area (Å²) in [4.78, 5) is 22.2. The molecule has 0 N–H and O–H groups in total. The second-order valence-electron chi connectivity index (χ2n) is 8.31. The van der Waals surface area contributed by atoms with Gasteiger partial charge in [-0.3, -0.25) is 9.69 Å². The van der Waals surface area contributed by atoms with Gasteiger partial charge in [0.2, 0.25) is 5.91 Å². The van der Waals surface area contributed by atoms with Gasteiger partial charge < -0.3 is 4.90 Å². The Morgan fingerprint density at radius 3 is 2.62 bits per heavy atom. The van der Waals surface area contributed by atoms with Gasteiger partial charge in [0.1, 0.15) is 9.22 Å². The lowest BCUT2D eigenvalue weighted by molar-refractivity contribution is -0.138. The maximum Gasteiger partial charge on any atom is 0.252 e. The molecule has 4 heterocycles. The lowest BCUT2D eigenvalue weighted by Gasteiger charge is -2.38. The SMILES string of the molecule is O=C(C1CCCN(S(=O)(=O)c2cccs2)C1)N1CCN(Cc2nc3ccccc3s2)CC1. The number of carbonyl (C=O) groups is 1. The van der Waals surface area contributed by atoms with E-state index in [1.54, 1.807) is 28.8 Å². The Kier molecular flexibility index (Phi) is 6.31. The fourth-order valence-corrected chi connectivity index (χ4v) is 8.14. The van der Waals surface area contributed by atoms with Crippen molar-refractivity contribution >= 4 is 48.8 Å². The Labute approximate surface area is 196 Å². The fourth-order valence-electron chi connectivity index (χ4n) is 4.46. The highest BCUT2D eigenvalue weighted by Crippen LogP contribution is 2.28. The number of para-hydroxylation sites is 1. The van der Waals surface area contributed by atoms with Gasteiger partial charge in [0.05, 0.1) is 22.7 Å². The standard InChI is InChI=1S/C22H26N4O3S3/c27-22(17-5-3-9-26(15-17)32(28,29)21-8-4-14-30-21)25-12-10-24(11-13-25)16-20-23-18-6-1-2-7-19(18)31-20/h1-2,4,6-8,14,17H,3,5,9-13,15-16H2. The van der Waals surface area contributed by atoms with E-state index in [1.807, 2.05) is 23.1 Å². The topological polar surface area (TPSA) is 73.8 Å². The minimum Gasteiger partial charge on any atom is -0.340 e. The van der Waals surface area contributed by atoms with Crippen molar-refractivity contribution in [3.8, 4) is 0 Å². The Morgan fingerprint density at radius 2 is 1.88 bits per heavy atom. The molecule has 5 rings (SSSR count). The van der Waals surface area contributed by atoms with Crippen molar-refractivity contribution in [3.63, 3.8) is 0 Å². The van der Waals surface area contributed by atoms with E-state index < -0.39 is 10.0 Å². The fraction of sp³-hybridized carbons (Fsp3) is 0.455. The van der Waals surface area contributed by atoms with Gasteiger partial charge in [0.15, 0.2) is 0 Å². The highest BCUT2D eigenvalue weighted by molar-refractivity contribution is 7.91. The van der Waals surface area contributed by atoms with Gasteiger partial charge in [-0.25, -0.2) is 13.4 Å². The smallest absolute Gasteiger partial charge is 0.252 e. The van der Waals surface area contributed by atoms with Gasteiger partial charge in [-0.05, 0) is 36.4 Å². The number of hydrogen-bond acceptors (Lipinski definition) is 7. The van der Waals surface area contributed by atoms with E-state index in [0.717, 1.165) is 43.0 Å². The Morgan fingerprint density at radius 1 is 1.06 bits per heavy atom. The first-order valence-corrected chi connectivity index (χ1v) is 14.0. The highest BCUT2D eigenvalue weighted by Gasteiger charge is 2.36. The van der Waals surface area contributed by atoms with E-state index >= 15 is 0 Å². The summed E-state index contributed by atoms with van der Waals surface area (Å²) in [5.41, 5.74) is 1.04. The van der Waals surface area contributed by atoms with Crippen LogP contribution in [0, 0.1) is 5.92 Å². The van der Waals surface area contributed by atoms with E-state index in [4.69, 9.17) is 4.98 Å². The Bertz CT molecular complexity index is 1150. The molecule has 0 aliphatic carbocycles. The van der Waals surface area contributed by atoms with Crippen LogP contribution in [0.1, 0.15) is 17.8 Å². The van der Waals surface area contributed by atoms with Crippen molar-refractivity contribution in [1.82, 2.24) is 19.1 Å². The predicted octanol–water partition coefficient (Wildman–Crippen LogP) is 3.10. The summed E-state index contributed by atoms with van der Waals surface area (Å²) in [6, 6.07) is 11.6. The van der Waals surface area contributed by atoms with Crippen LogP contribution in [0.15, 0.2) is 46.0 Å². The number of hydrogen-bond donors (Lipinski definition) is 0. The summed E-state index contributed by atoms with van der Waals surface area (Å²) in [6.45, 7) is 4.55. The van der Waals surface area contributed by atoms with Crippen molar-refractivity contribution in [2.45, 2.75) is 23.6 Å². The summed E-state index contributed by atoms with van der Waals surface area (Å²) < 4.78 is 28.8. The van der Waals surface area contributed by atoms with Crippen LogP contribution in [0.3, 0.4) is 0 Å². The first-order chi connectivity index (χ1) is 15.5. The second kappa shape index (κ2) is 9.18. The van der Waals surface area contributed by atoms with Crippen LogP contribution < -0.4 is 0 Å². The Hall–Kier alpha value is -1.85. The van der Waals surface area contributed by atoms with Crippen LogP contribution in [-0.4, -0.2) is 72.7 Å². The third-order valence-corrected chi connectivity index (χ3v) is 10.5. The molecule has 0 bridgehead atoms. The normalized spacial score (nSPS) is 21.2. The van der Waals surface area contributed by atoms with Crippen LogP contribution in [0.2, 0.25) is 0 Å². The quantitative estimate of drug-likeness (QED) is 0.550. The number of piperidine rings is 1. The number of fused-ring (bicyclic) bond motifs is 1. The molecular formula is C22H26N4O3S3. The van der Waals surface area contributed by atoms with E-state index in [2.05, 4.69) is 11.0 Å². The largest absolute Gasteiger partial charge is 0.340 e. The van der Waals surface area contributed by atoms with Crippen molar-refractivity contribution in [2.24, 2.45) is 5.92 Å². The first-order valence-electron chi connectivity index (χ1n) is 10.9. The molecule has 1 unspecified atom stereocenters. The van der Waals surface area contributed by atoms with Crippen molar-refractivity contribution in [3.05, 3.63) is 46.8 Å². The average molecular weight is 491 g/mol. The molecule has 0 saturated carbocycles. The zero-order chi connectivity index (χ0) is 22.1. The molecule has 2 aliphatic heterocycles. The minimum atomic E-state index is -3.50. The van der Waals surface area contributed by atoms with E-state index in [9.17, 15) is 13.2 Å². The molecule has 1 atom stereocenters. The molecule has 10 heteroatoms. The second-order valence-corrected chi connectivity index (χ2v) is 12.5. The molecule has 2 aromatic heterocycles. The summed E-state index contributed by atoms with van der Waals surface area (Å²) in [5, 5.41) is 2.88. The molecule has 2 aliphatic rings. The van der Waals surface area contributed by atoms with Crippen molar-refractivity contribution < 1.29 is 13.2 Å². The lowest BCUT2D eigenvalue weighted by Crippen LogP contribution is -2.52. The van der Waals surface area contributed by atoms with Gasteiger partial charge >= 0.3 is 0 Å². The van der Waals surface area contributed by atoms with Gasteiger partial charge in [0, 0.05) is 39.3 Å². The molecule has 2 saturated heterocycles. The third-order valence-electron chi connectivity index (χ3n) is 6.20. The number of sulfonamides is 1. The van der Waals surface area contributed by atoms with Gasteiger partial charge in [-0.2, -0.15) is 4.31 Å². The predicted molar refractivity (Wildman–Crippen MR) is 127 cm³/mol. The summed E-state index contributed by atoms with van der Waals surface area (Å²) in [7, 11) is -3.50. The molecule has 7 nitrogen and oxygen atoms in total. The third kappa shape index (κ3) is 4.47. The maximum absolute atomic E-state index is 13.2. The summed E-state index contributed by atoms with van der Waals surface area (Å²) >= 11 is 2.96. The number of benzene rings is 1. The minimum absolute atomic E-state index is 0.0933. The van der Waals surface area contributed by atoms with Gasteiger partial charge in [0.25, 0.3) is 10.0 Å². The van der Waals surface area contributed by atoms with Gasteiger partial charge in [-0.15, -0.1) is 22.7 Å². The first kappa shape index (κ1) is 22.0. The summed E-state index contributed by atoms with van der Waals surface area (Å²) in [6.07, 6.45) is 1.47. The number of nitrogens with zero attached hydrogens (tertiary/aromatic N) is 4. The number of thiophene rings is 1. The number of carbonyl (C=O) groups excluding carboxylic acids is 1. The van der Waals surface area contributed by atoms with E-state index in [0.29, 0.717) is 23.8 Å². The molecule has 1 aromatic carbocycles. The van der Waals surface area contributed by atoms with E-state index in [-0.39, 0.29) is 18.4 Å². The van der Waals surface area contributed by atoms with Crippen LogP contribution in [0.4, 0.5) is 0 Å². The average Bonchev–Trinajstić information content (AvgIpc) is 3.49. The lowest BCUT2D eigenvalue weighted by atomic mass is 9.98. The monoisotopic (exact) mass is 490 g/mol. The zero-order valence-electron chi connectivity index (χ0n) is 17.7. The molecule has 1 amide bonds. The van der Waals surface area contributed by atoms with Crippen LogP contribution >= 0.6 is 22.7 Å². The number of aromatic nitrogens is 1. The molecule has 3 aromatic rings. The molecule has 0 radical (unpaired) electrons.